The molecule has 1 heterocycles. The number of nitrogens with zero attached hydrogens (tertiary/aromatic N) is 1. The molecular formula is C8H8N2. The maximum absolute atomic E-state index is 5.02. The summed E-state index contributed by atoms with van der Waals surface area (Å²) in [6, 6.07) is 4.26. The van der Waals surface area contributed by atoms with Gasteiger partial charge in [0.15, 0.2) is 0 Å². The van der Waals surface area contributed by atoms with Crippen LogP contribution in [0.2, 0.25) is 0 Å². The van der Waals surface area contributed by atoms with E-state index in [1.165, 1.54) is 0 Å². The topological polar surface area (TPSA) is 24.9 Å². The quantitative estimate of drug-likeness (QED) is 0.461. The molecule has 0 unspecified atom stereocenters. The molecule has 0 radical (unpaired) electrons. The Hall–Kier alpha value is -1.49. The first-order valence-corrected chi connectivity index (χ1v) is 2.96. The van der Waals surface area contributed by atoms with Crippen LogP contribution in [0, 0.1) is 19.4 Å². The van der Waals surface area contributed by atoms with E-state index in [2.05, 4.69) is 16.3 Å². The van der Waals surface area contributed by atoms with E-state index in [4.69, 9.17) is 6.42 Å². The van der Waals surface area contributed by atoms with E-state index >= 15 is 0 Å². The molecule has 50 valence electrons. The lowest BCUT2D eigenvalue weighted by atomic mass is 10.3. The molecule has 2 heteroatoms. The first kappa shape index (κ1) is 6.63. The zero-order chi connectivity index (χ0) is 7.40. The minimum atomic E-state index is 0.863. The summed E-state index contributed by atoms with van der Waals surface area (Å²) >= 11 is 0. The Morgan fingerprint density at radius 3 is 3.00 bits per heavy atom. The largest absolute Gasteiger partial charge is 0.314 e. The van der Waals surface area contributed by atoms with Crippen LogP contribution in [0.1, 0.15) is 5.56 Å². The Morgan fingerprint density at radius 2 is 2.40 bits per heavy atom. The van der Waals surface area contributed by atoms with Gasteiger partial charge < -0.3 is 5.32 Å². The molecule has 1 N–H and O–H groups in total. The number of aromatic nitrogens is 1. The van der Waals surface area contributed by atoms with Crippen molar-refractivity contribution >= 4 is 5.69 Å². The summed E-state index contributed by atoms with van der Waals surface area (Å²) in [5.74, 6) is 0. The molecule has 0 atom stereocenters. The molecule has 0 aliphatic rings. The van der Waals surface area contributed by atoms with Crippen molar-refractivity contribution in [3.8, 4) is 12.5 Å². The molecule has 0 bridgehead atoms. The Balaban J connectivity index is 2.87. The van der Waals surface area contributed by atoms with Gasteiger partial charge in [0.25, 0.3) is 0 Å². The van der Waals surface area contributed by atoms with Crippen molar-refractivity contribution in [1.82, 2.24) is 4.98 Å². The highest BCUT2D eigenvalue weighted by Crippen LogP contribution is 2.05. The molecule has 0 saturated heterocycles. The molecule has 0 saturated carbocycles. The van der Waals surface area contributed by atoms with Gasteiger partial charge in [-0.3, -0.25) is 4.98 Å². The van der Waals surface area contributed by atoms with E-state index in [0.29, 0.717) is 0 Å². The third-order valence-electron chi connectivity index (χ3n) is 1.09. The van der Waals surface area contributed by atoms with Gasteiger partial charge in [-0.2, -0.15) is 0 Å². The third-order valence-corrected chi connectivity index (χ3v) is 1.09. The number of hydrogen-bond donors (Lipinski definition) is 1. The average Bonchev–Trinajstić information content (AvgIpc) is 1.88. The lowest BCUT2D eigenvalue weighted by Gasteiger charge is -1.96. The summed E-state index contributed by atoms with van der Waals surface area (Å²) in [7, 11) is 0. The van der Waals surface area contributed by atoms with Gasteiger partial charge in [-0.1, -0.05) is 6.42 Å². The Labute approximate surface area is 60.3 Å². The fourth-order valence-corrected chi connectivity index (χ4v) is 0.707. The van der Waals surface area contributed by atoms with Crippen molar-refractivity contribution in [3.63, 3.8) is 0 Å². The molecule has 1 aromatic heterocycles. The van der Waals surface area contributed by atoms with Crippen LogP contribution in [0.5, 0.6) is 0 Å². The maximum atomic E-state index is 5.02. The Morgan fingerprint density at radius 1 is 1.60 bits per heavy atom. The first-order valence-electron chi connectivity index (χ1n) is 2.96. The molecule has 1 rings (SSSR count). The van der Waals surface area contributed by atoms with Crippen molar-refractivity contribution in [2.24, 2.45) is 0 Å². The van der Waals surface area contributed by atoms with Crippen LogP contribution >= 0.6 is 0 Å². The molecule has 0 fully saturated rings. The second-order valence-electron chi connectivity index (χ2n) is 2.02. The van der Waals surface area contributed by atoms with Crippen molar-refractivity contribution in [3.05, 3.63) is 24.0 Å². The predicted molar refractivity (Wildman–Crippen MR) is 41.4 cm³/mol. The normalized spacial score (nSPS) is 8.40. The van der Waals surface area contributed by atoms with Crippen molar-refractivity contribution in [1.29, 1.82) is 0 Å². The van der Waals surface area contributed by atoms with Gasteiger partial charge in [0.2, 0.25) is 0 Å². The highest BCUT2D eigenvalue weighted by atomic mass is 14.8. The summed E-state index contributed by atoms with van der Waals surface area (Å²) in [6.45, 7) is 1.97. The van der Waals surface area contributed by atoms with Crippen LogP contribution < -0.4 is 5.32 Å². The average molecular weight is 132 g/mol. The van der Waals surface area contributed by atoms with E-state index in [1.54, 1.807) is 12.4 Å². The summed E-state index contributed by atoms with van der Waals surface area (Å²) in [4.78, 5) is 3.94. The van der Waals surface area contributed by atoms with Crippen LogP contribution in [0.25, 0.3) is 0 Å². The molecule has 10 heavy (non-hydrogen) atoms. The van der Waals surface area contributed by atoms with E-state index in [0.717, 1.165) is 11.3 Å². The zero-order valence-corrected chi connectivity index (χ0v) is 5.76. The third kappa shape index (κ3) is 1.49. The number of nitrogens with one attached hydrogen (secondary N) is 1. The summed E-state index contributed by atoms with van der Waals surface area (Å²) in [6.07, 6.45) is 8.49. The smallest absolute Gasteiger partial charge is 0.0645 e. The minimum Gasteiger partial charge on any atom is -0.314 e. The highest BCUT2D eigenvalue weighted by Gasteiger charge is 1.87. The van der Waals surface area contributed by atoms with E-state index in [9.17, 15) is 0 Å². The van der Waals surface area contributed by atoms with Crippen molar-refractivity contribution in [2.45, 2.75) is 6.92 Å². The first-order chi connectivity index (χ1) is 4.83. The number of anilines is 1. The molecule has 0 aliphatic heterocycles. The zero-order valence-electron chi connectivity index (χ0n) is 5.76. The molecular weight excluding hydrogens is 124 g/mol. The highest BCUT2D eigenvalue weighted by molar-refractivity contribution is 5.46. The van der Waals surface area contributed by atoms with Crippen LogP contribution in [-0.4, -0.2) is 4.98 Å². The standard InChI is InChI=1S/C8H8N2/c1-3-10-8-4-7(2)5-9-6-8/h1,4-6,10H,2H3. The number of aryl methyl sites for hydroxylation is 1. The van der Waals surface area contributed by atoms with Gasteiger partial charge in [-0.15, -0.1) is 0 Å². The predicted octanol–water partition coefficient (Wildman–Crippen LogP) is 1.39. The van der Waals surface area contributed by atoms with Gasteiger partial charge in [-0.05, 0) is 18.6 Å². The summed E-state index contributed by atoms with van der Waals surface area (Å²) in [5, 5.41) is 2.71. The fourth-order valence-electron chi connectivity index (χ4n) is 0.707. The molecule has 0 aliphatic carbocycles. The number of terminal acetylenes is 1. The van der Waals surface area contributed by atoms with Gasteiger partial charge in [0.05, 0.1) is 11.9 Å². The number of rotatable bonds is 1. The monoisotopic (exact) mass is 132 g/mol. The van der Waals surface area contributed by atoms with Crippen molar-refractivity contribution < 1.29 is 0 Å². The summed E-state index contributed by atoms with van der Waals surface area (Å²) in [5.41, 5.74) is 1.96. The number of hydrogen-bond acceptors (Lipinski definition) is 2. The lowest BCUT2D eigenvalue weighted by Crippen LogP contribution is -1.88. The van der Waals surface area contributed by atoms with Gasteiger partial charge in [0.1, 0.15) is 0 Å². The number of pyridine rings is 1. The van der Waals surface area contributed by atoms with Crippen LogP contribution in [0.15, 0.2) is 18.5 Å². The second kappa shape index (κ2) is 2.88. The fraction of sp³-hybridized carbons (Fsp3) is 0.125. The Bertz CT molecular complexity index is 260. The molecule has 2 nitrogen and oxygen atoms in total. The SMILES string of the molecule is C#CNc1cncc(C)c1. The van der Waals surface area contributed by atoms with E-state index in [1.807, 2.05) is 13.0 Å². The van der Waals surface area contributed by atoms with E-state index in [-0.39, 0.29) is 0 Å². The van der Waals surface area contributed by atoms with Crippen LogP contribution in [-0.2, 0) is 0 Å². The Kier molecular flexibility index (Phi) is 1.91. The summed E-state index contributed by atoms with van der Waals surface area (Å²) < 4.78 is 0. The van der Waals surface area contributed by atoms with Crippen molar-refractivity contribution in [2.75, 3.05) is 5.32 Å². The second-order valence-corrected chi connectivity index (χ2v) is 2.02. The molecule has 0 aromatic carbocycles. The van der Waals surface area contributed by atoms with Gasteiger partial charge in [0, 0.05) is 12.2 Å². The lowest BCUT2D eigenvalue weighted by molar-refractivity contribution is 1.27. The van der Waals surface area contributed by atoms with Crippen LogP contribution in [0.3, 0.4) is 0 Å². The van der Waals surface area contributed by atoms with Crippen LogP contribution in [0.4, 0.5) is 5.69 Å². The molecule has 1 aromatic rings. The van der Waals surface area contributed by atoms with Gasteiger partial charge >= 0.3 is 0 Å². The maximum Gasteiger partial charge on any atom is 0.0645 e. The molecule has 0 amide bonds. The minimum absolute atomic E-state index is 0.863. The molecule has 0 spiro atoms. The van der Waals surface area contributed by atoms with Gasteiger partial charge in [-0.25, -0.2) is 0 Å². The van der Waals surface area contributed by atoms with E-state index < -0.39 is 0 Å².